The molecule has 1 amide bonds. The van der Waals surface area contributed by atoms with Gasteiger partial charge in [-0.3, -0.25) is 9.36 Å². The smallest absolute Gasteiger partial charge is 0.276 e. The first kappa shape index (κ1) is 25.6. The molecule has 3 aromatic carbocycles. The number of aliphatic hydroxyl groups is 2. The molecular formula is C30H28N6O4. The van der Waals surface area contributed by atoms with E-state index in [9.17, 15) is 15.0 Å². The minimum atomic E-state index is -1.96. The summed E-state index contributed by atoms with van der Waals surface area (Å²) >= 11 is 0. The van der Waals surface area contributed by atoms with Crippen molar-refractivity contribution in [2.24, 2.45) is 0 Å². The molecule has 0 spiro atoms. The molecule has 1 fully saturated rings. The molecule has 3 atom stereocenters. The first-order chi connectivity index (χ1) is 19.5. The Balaban J connectivity index is 1.48. The predicted octanol–water partition coefficient (Wildman–Crippen LogP) is 2.92. The fraction of sp³-hybridized carbons (Fsp3) is 0.200. The minimum Gasteiger partial charge on any atom is -0.388 e. The Kier molecular flexibility index (Phi) is 6.72. The Morgan fingerprint density at radius 1 is 0.950 bits per heavy atom. The number of rotatable bonds is 7. The number of fused-ring (bicyclic) bond motifs is 1. The molecule has 0 bridgehead atoms. The van der Waals surface area contributed by atoms with Crippen molar-refractivity contribution >= 4 is 22.9 Å². The number of ether oxygens (including phenoxy) is 1. The van der Waals surface area contributed by atoms with Crippen LogP contribution < -0.4 is 10.6 Å². The molecule has 40 heavy (non-hydrogen) atoms. The molecule has 0 aliphatic carbocycles. The van der Waals surface area contributed by atoms with Gasteiger partial charge in [0.2, 0.25) is 0 Å². The number of nitrogens with zero attached hydrogens (tertiary/aromatic N) is 4. The summed E-state index contributed by atoms with van der Waals surface area (Å²) in [6.07, 6.45) is -1.43. The standard InChI is InChI=1S/C30H28N6O4/c1-31-29(39)30(25(38)23(37)17-40-30)36-18-33-24-27(32-16-19-8-4-2-5-9-19)34-26(35-28(24)36)22-14-12-21(13-15-22)20-10-6-3-7-11-20/h2-15,18,23,25,37-38H,16-17H2,1H3,(H,31,39)(H,32,34,35). The van der Waals surface area contributed by atoms with Gasteiger partial charge in [-0.2, -0.15) is 0 Å². The van der Waals surface area contributed by atoms with Crippen LogP contribution in [-0.2, 0) is 21.8 Å². The van der Waals surface area contributed by atoms with Crippen molar-refractivity contribution in [2.45, 2.75) is 24.5 Å². The first-order valence-corrected chi connectivity index (χ1v) is 12.9. The topological polar surface area (TPSA) is 134 Å². The van der Waals surface area contributed by atoms with Gasteiger partial charge >= 0.3 is 0 Å². The number of hydrogen-bond donors (Lipinski definition) is 4. The highest BCUT2D eigenvalue weighted by molar-refractivity contribution is 5.90. The maximum atomic E-state index is 13.1. The molecule has 0 radical (unpaired) electrons. The highest BCUT2D eigenvalue weighted by Crippen LogP contribution is 2.36. The lowest BCUT2D eigenvalue weighted by Crippen LogP contribution is -2.55. The predicted molar refractivity (Wildman–Crippen MR) is 150 cm³/mol. The van der Waals surface area contributed by atoms with Crippen molar-refractivity contribution < 1.29 is 19.7 Å². The van der Waals surface area contributed by atoms with E-state index in [-0.39, 0.29) is 12.3 Å². The van der Waals surface area contributed by atoms with Crippen LogP contribution in [0.4, 0.5) is 5.82 Å². The number of nitrogens with one attached hydrogen (secondary N) is 2. The van der Waals surface area contributed by atoms with E-state index in [0.29, 0.717) is 23.7 Å². The van der Waals surface area contributed by atoms with Crippen LogP contribution in [0.1, 0.15) is 5.56 Å². The van der Waals surface area contributed by atoms with Crippen LogP contribution in [0.25, 0.3) is 33.7 Å². The number of aliphatic hydroxyl groups excluding tert-OH is 2. The van der Waals surface area contributed by atoms with E-state index in [1.807, 2.05) is 84.9 Å². The number of benzene rings is 3. The summed E-state index contributed by atoms with van der Waals surface area (Å²) in [5.41, 5.74) is 2.63. The quantitative estimate of drug-likeness (QED) is 0.250. The number of carbonyl (C=O) groups is 1. The normalized spacial score (nSPS) is 20.5. The van der Waals surface area contributed by atoms with Gasteiger partial charge in [0.15, 0.2) is 22.8 Å². The third-order valence-electron chi connectivity index (χ3n) is 7.10. The van der Waals surface area contributed by atoms with Crippen molar-refractivity contribution in [1.82, 2.24) is 24.8 Å². The number of hydrogen-bond acceptors (Lipinski definition) is 8. The average molecular weight is 537 g/mol. The van der Waals surface area contributed by atoms with E-state index < -0.39 is 23.8 Å². The molecule has 1 aliphatic heterocycles. The summed E-state index contributed by atoms with van der Waals surface area (Å²) in [6.45, 7) is 0.247. The molecule has 4 N–H and O–H groups in total. The number of amides is 1. The molecule has 0 saturated carbocycles. The highest BCUT2D eigenvalue weighted by Gasteiger charge is 2.57. The molecule has 3 unspecified atom stereocenters. The fourth-order valence-electron chi connectivity index (χ4n) is 4.97. The zero-order chi connectivity index (χ0) is 27.7. The van der Waals surface area contributed by atoms with Gasteiger partial charge in [0.25, 0.3) is 11.6 Å². The molecule has 202 valence electrons. The SMILES string of the molecule is CNC(=O)C1(n2cnc3c(NCc4ccccc4)nc(-c4ccc(-c5ccccc5)cc4)nc32)OCC(O)C1O. The largest absolute Gasteiger partial charge is 0.388 e. The van der Waals surface area contributed by atoms with Crippen molar-refractivity contribution in [3.63, 3.8) is 0 Å². The third-order valence-corrected chi connectivity index (χ3v) is 7.10. The monoisotopic (exact) mass is 536 g/mol. The molecule has 1 saturated heterocycles. The summed E-state index contributed by atoms with van der Waals surface area (Å²) < 4.78 is 7.15. The summed E-state index contributed by atoms with van der Waals surface area (Å²) in [6, 6.07) is 27.8. The number of likely N-dealkylation sites (N-methyl/N-ethyl adjacent to an activating group) is 1. The van der Waals surface area contributed by atoms with Gasteiger partial charge < -0.3 is 25.6 Å². The lowest BCUT2D eigenvalue weighted by atomic mass is 10.0. The van der Waals surface area contributed by atoms with Gasteiger partial charge in [-0.1, -0.05) is 84.9 Å². The number of carbonyl (C=O) groups excluding carboxylic acids is 1. The van der Waals surface area contributed by atoms with Crippen LogP contribution >= 0.6 is 0 Å². The summed E-state index contributed by atoms with van der Waals surface area (Å²) in [7, 11) is 1.44. The molecule has 2 aromatic heterocycles. The van der Waals surface area contributed by atoms with Crippen LogP contribution in [0.3, 0.4) is 0 Å². The lowest BCUT2D eigenvalue weighted by molar-refractivity contribution is -0.167. The van der Waals surface area contributed by atoms with E-state index in [2.05, 4.69) is 15.6 Å². The van der Waals surface area contributed by atoms with E-state index in [1.54, 1.807) is 0 Å². The minimum absolute atomic E-state index is 0.230. The Morgan fingerprint density at radius 3 is 2.25 bits per heavy atom. The van der Waals surface area contributed by atoms with Crippen molar-refractivity contribution in [3.8, 4) is 22.5 Å². The molecule has 6 rings (SSSR count). The van der Waals surface area contributed by atoms with Gasteiger partial charge in [0, 0.05) is 19.2 Å². The van der Waals surface area contributed by atoms with E-state index in [4.69, 9.17) is 14.7 Å². The molecule has 10 nitrogen and oxygen atoms in total. The average Bonchev–Trinajstić information content (AvgIpc) is 3.57. The molecule has 1 aliphatic rings. The zero-order valence-corrected chi connectivity index (χ0v) is 21.7. The van der Waals surface area contributed by atoms with E-state index in [1.165, 1.54) is 17.9 Å². The fourth-order valence-corrected chi connectivity index (χ4v) is 4.97. The highest BCUT2D eigenvalue weighted by atomic mass is 16.6. The molecular weight excluding hydrogens is 508 g/mol. The zero-order valence-electron chi connectivity index (χ0n) is 21.7. The number of imidazole rings is 1. The molecule has 3 heterocycles. The van der Waals surface area contributed by atoms with Crippen molar-refractivity contribution in [1.29, 1.82) is 0 Å². The van der Waals surface area contributed by atoms with Crippen LogP contribution in [0.2, 0.25) is 0 Å². The Labute approximate surface area is 230 Å². The molecule has 5 aromatic rings. The van der Waals surface area contributed by atoms with Gasteiger partial charge in [0.1, 0.15) is 18.5 Å². The van der Waals surface area contributed by atoms with Crippen molar-refractivity contribution in [3.05, 3.63) is 96.8 Å². The summed E-state index contributed by atoms with van der Waals surface area (Å²) in [5, 5.41) is 27.2. The van der Waals surface area contributed by atoms with Gasteiger partial charge in [-0.25, -0.2) is 15.0 Å². The Hall–Kier alpha value is -4.64. The maximum Gasteiger partial charge on any atom is 0.276 e. The summed E-state index contributed by atoms with van der Waals surface area (Å²) in [5.74, 6) is 0.210. The Bertz CT molecular complexity index is 1640. The summed E-state index contributed by atoms with van der Waals surface area (Å²) in [4.78, 5) is 27.2. The second-order valence-electron chi connectivity index (χ2n) is 9.56. The van der Waals surface area contributed by atoms with E-state index >= 15 is 0 Å². The van der Waals surface area contributed by atoms with Gasteiger partial charge in [-0.15, -0.1) is 0 Å². The number of anilines is 1. The second kappa shape index (κ2) is 10.5. The third kappa shape index (κ3) is 4.37. The van der Waals surface area contributed by atoms with Gasteiger partial charge in [0.05, 0.1) is 6.61 Å². The van der Waals surface area contributed by atoms with Crippen LogP contribution in [0, 0.1) is 0 Å². The number of aromatic nitrogens is 4. The van der Waals surface area contributed by atoms with Crippen molar-refractivity contribution in [2.75, 3.05) is 19.0 Å². The molecule has 10 heteroatoms. The van der Waals surface area contributed by atoms with E-state index in [0.717, 1.165) is 22.3 Å². The van der Waals surface area contributed by atoms with Crippen LogP contribution in [-0.4, -0.2) is 61.5 Å². The van der Waals surface area contributed by atoms with Gasteiger partial charge in [-0.05, 0) is 16.7 Å². The van der Waals surface area contributed by atoms with Crippen LogP contribution in [0.15, 0.2) is 91.3 Å². The Morgan fingerprint density at radius 2 is 1.60 bits per heavy atom. The maximum absolute atomic E-state index is 13.1. The lowest BCUT2D eigenvalue weighted by Gasteiger charge is -2.31. The first-order valence-electron chi connectivity index (χ1n) is 12.9. The second-order valence-corrected chi connectivity index (χ2v) is 9.56. The van der Waals surface area contributed by atoms with Crippen LogP contribution in [0.5, 0.6) is 0 Å².